The molecule has 1 aliphatic rings. The van der Waals surface area contributed by atoms with E-state index in [4.69, 9.17) is 0 Å². The van der Waals surface area contributed by atoms with Crippen LogP contribution in [0.15, 0.2) is 0 Å². The van der Waals surface area contributed by atoms with Gasteiger partial charge in [0.2, 0.25) is 0 Å². The van der Waals surface area contributed by atoms with Crippen molar-refractivity contribution in [2.75, 3.05) is 0 Å². The SMILES string of the molecule is CC1(S(=O)(=O)[O-])CC1. The third-order valence-electron chi connectivity index (χ3n) is 1.56. The molecule has 0 unspecified atom stereocenters. The average Bonchev–Trinajstić information content (AvgIpc) is 2.16. The average molecular weight is 135 g/mol. The summed E-state index contributed by atoms with van der Waals surface area (Å²) in [5.74, 6) is 0. The first-order valence-corrected chi connectivity index (χ1v) is 3.82. The molecule has 0 heterocycles. The van der Waals surface area contributed by atoms with E-state index < -0.39 is 14.9 Å². The van der Waals surface area contributed by atoms with Gasteiger partial charge in [-0.15, -0.1) is 0 Å². The Labute approximate surface area is 48.5 Å². The number of hydrogen-bond donors (Lipinski definition) is 0. The molecular formula is C4H7O3S-. The van der Waals surface area contributed by atoms with E-state index in [1.807, 2.05) is 0 Å². The lowest BCUT2D eigenvalue weighted by molar-refractivity contribution is 0.448. The van der Waals surface area contributed by atoms with Crippen molar-refractivity contribution in [3.8, 4) is 0 Å². The Morgan fingerprint density at radius 3 is 1.88 bits per heavy atom. The Morgan fingerprint density at radius 1 is 1.50 bits per heavy atom. The molecule has 0 radical (unpaired) electrons. The van der Waals surface area contributed by atoms with Gasteiger partial charge in [0.05, 0.1) is 4.75 Å². The fraction of sp³-hybridized carbons (Fsp3) is 1.00. The van der Waals surface area contributed by atoms with Crippen molar-refractivity contribution in [1.82, 2.24) is 0 Å². The molecule has 0 aromatic heterocycles. The second-order valence-electron chi connectivity index (χ2n) is 2.40. The van der Waals surface area contributed by atoms with Crippen LogP contribution < -0.4 is 0 Å². The molecule has 0 spiro atoms. The predicted molar refractivity (Wildman–Crippen MR) is 27.3 cm³/mol. The van der Waals surface area contributed by atoms with Crippen LogP contribution >= 0.6 is 0 Å². The maximum absolute atomic E-state index is 10.2. The Morgan fingerprint density at radius 2 is 1.88 bits per heavy atom. The molecule has 1 aliphatic carbocycles. The molecule has 1 fully saturated rings. The molecule has 1 rings (SSSR count). The Kier molecular flexibility index (Phi) is 0.941. The van der Waals surface area contributed by atoms with Crippen molar-refractivity contribution < 1.29 is 13.0 Å². The standard InChI is InChI=1S/C4H8O3S/c1-4(2-3-4)8(5,6)7/h2-3H2,1H3,(H,5,6,7)/p-1. The topological polar surface area (TPSA) is 57.2 Å². The van der Waals surface area contributed by atoms with Crippen LogP contribution in [0.3, 0.4) is 0 Å². The van der Waals surface area contributed by atoms with E-state index >= 15 is 0 Å². The quantitative estimate of drug-likeness (QED) is 0.478. The van der Waals surface area contributed by atoms with E-state index in [2.05, 4.69) is 0 Å². The van der Waals surface area contributed by atoms with Crippen molar-refractivity contribution in [2.45, 2.75) is 24.5 Å². The molecule has 0 aromatic rings. The summed E-state index contributed by atoms with van der Waals surface area (Å²) in [6, 6.07) is 0. The van der Waals surface area contributed by atoms with Crippen LogP contribution in [0.5, 0.6) is 0 Å². The van der Waals surface area contributed by atoms with Gasteiger partial charge in [-0.1, -0.05) is 0 Å². The van der Waals surface area contributed by atoms with Gasteiger partial charge in [0, 0.05) is 0 Å². The zero-order valence-corrected chi connectivity index (χ0v) is 5.36. The van der Waals surface area contributed by atoms with Gasteiger partial charge in [0.15, 0.2) is 0 Å². The second-order valence-corrected chi connectivity index (χ2v) is 4.30. The summed E-state index contributed by atoms with van der Waals surface area (Å²) >= 11 is 0. The van der Waals surface area contributed by atoms with E-state index in [-0.39, 0.29) is 0 Å². The summed E-state index contributed by atoms with van der Waals surface area (Å²) < 4.78 is 29.6. The summed E-state index contributed by atoms with van der Waals surface area (Å²) in [6.07, 6.45) is 1.08. The molecule has 3 nitrogen and oxygen atoms in total. The van der Waals surface area contributed by atoms with Crippen LogP contribution in [-0.4, -0.2) is 17.7 Å². The first kappa shape index (κ1) is 6.04. The van der Waals surface area contributed by atoms with Crippen molar-refractivity contribution >= 4 is 10.1 Å². The van der Waals surface area contributed by atoms with Gasteiger partial charge in [-0.25, -0.2) is 8.42 Å². The minimum absolute atomic E-state index is 0.541. The zero-order valence-electron chi connectivity index (χ0n) is 4.55. The van der Waals surface area contributed by atoms with Crippen molar-refractivity contribution in [2.24, 2.45) is 0 Å². The Hall–Kier alpha value is -0.0900. The lowest BCUT2D eigenvalue weighted by Crippen LogP contribution is -2.17. The smallest absolute Gasteiger partial charge is 0.100 e. The highest BCUT2D eigenvalue weighted by molar-refractivity contribution is 7.87. The fourth-order valence-corrected chi connectivity index (χ4v) is 1.03. The van der Waals surface area contributed by atoms with E-state index in [9.17, 15) is 13.0 Å². The summed E-state index contributed by atoms with van der Waals surface area (Å²) in [5, 5.41) is 0. The van der Waals surface area contributed by atoms with Gasteiger partial charge >= 0.3 is 0 Å². The molecule has 48 valence electrons. The third-order valence-corrected chi connectivity index (χ3v) is 3.17. The van der Waals surface area contributed by atoms with Crippen LogP contribution in [-0.2, 0) is 10.1 Å². The molecule has 4 heteroatoms. The highest BCUT2D eigenvalue weighted by atomic mass is 32.2. The highest BCUT2D eigenvalue weighted by Gasteiger charge is 2.44. The molecule has 0 atom stereocenters. The molecule has 0 aromatic carbocycles. The van der Waals surface area contributed by atoms with Crippen LogP contribution in [0.1, 0.15) is 19.8 Å². The molecule has 0 saturated heterocycles. The zero-order chi connectivity index (χ0) is 6.41. The van der Waals surface area contributed by atoms with E-state index in [0.29, 0.717) is 12.8 Å². The number of hydrogen-bond acceptors (Lipinski definition) is 3. The highest BCUT2D eigenvalue weighted by Crippen LogP contribution is 2.41. The normalized spacial score (nSPS) is 25.2. The van der Waals surface area contributed by atoms with Crippen LogP contribution in [0, 0.1) is 0 Å². The van der Waals surface area contributed by atoms with E-state index in [1.54, 1.807) is 0 Å². The molecule has 8 heavy (non-hydrogen) atoms. The van der Waals surface area contributed by atoms with Gasteiger partial charge in [0.1, 0.15) is 10.1 Å². The lowest BCUT2D eigenvalue weighted by atomic mass is 10.5. The summed E-state index contributed by atoms with van der Waals surface area (Å²) in [5.41, 5.74) is 0. The van der Waals surface area contributed by atoms with Crippen LogP contribution in [0.2, 0.25) is 0 Å². The summed E-state index contributed by atoms with van der Waals surface area (Å²) in [6.45, 7) is 1.48. The van der Waals surface area contributed by atoms with Gasteiger partial charge in [-0.05, 0) is 19.8 Å². The van der Waals surface area contributed by atoms with Crippen molar-refractivity contribution in [3.05, 3.63) is 0 Å². The molecular weight excluding hydrogens is 128 g/mol. The first-order valence-electron chi connectivity index (χ1n) is 2.41. The van der Waals surface area contributed by atoms with E-state index in [1.165, 1.54) is 6.92 Å². The first-order chi connectivity index (χ1) is 3.46. The second kappa shape index (κ2) is 1.25. The van der Waals surface area contributed by atoms with Gasteiger partial charge in [-0.3, -0.25) is 0 Å². The summed E-state index contributed by atoms with van der Waals surface area (Å²) in [4.78, 5) is 0. The predicted octanol–water partition coefficient (Wildman–Crippen LogP) is 0.0841. The molecule has 0 N–H and O–H groups in total. The minimum Gasteiger partial charge on any atom is -0.748 e. The Balaban J connectivity index is 2.90. The summed E-state index contributed by atoms with van der Waals surface area (Å²) in [7, 11) is -3.98. The molecule has 0 amide bonds. The molecule has 1 saturated carbocycles. The monoisotopic (exact) mass is 135 g/mol. The minimum atomic E-state index is -3.98. The van der Waals surface area contributed by atoms with Crippen molar-refractivity contribution in [3.63, 3.8) is 0 Å². The van der Waals surface area contributed by atoms with Crippen LogP contribution in [0.25, 0.3) is 0 Å². The number of rotatable bonds is 1. The third kappa shape index (κ3) is 0.736. The van der Waals surface area contributed by atoms with Crippen molar-refractivity contribution in [1.29, 1.82) is 0 Å². The maximum Gasteiger partial charge on any atom is 0.100 e. The molecule has 0 bridgehead atoms. The van der Waals surface area contributed by atoms with Gasteiger partial charge < -0.3 is 4.55 Å². The van der Waals surface area contributed by atoms with E-state index in [0.717, 1.165) is 0 Å². The van der Waals surface area contributed by atoms with Gasteiger partial charge in [0.25, 0.3) is 0 Å². The Bertz CT molecular complexity index is 187. The fourth-order valence-electron chi connectivity index (χ4n) is 0.426. The van der Waals surface area contributed by atoms with Crippen LogP contribution in [0.4, 0.5) is 0 Å². The largest absolute Gasteiger partial charge is 0.748 e. The van der Waals surface area contributed by atoms with Gasteiger partial charge in [-0.2, -0.15) is 0 Å². The lowest BCUT2D eigenvalue weighted by Gasteiger charge is -2.12. The maximum atomic E-state index is 10.2. The molecule has 0 aliphatic heterocycles.